The Balaban J connectivity index is 3.03. The van der Waals surface area contributed by atoms with Gasteiger partial charge in [0.15, 0.2) is 5.82 Å². The molecule has 0 saturated carbocycles. The van der Waals surface area contributed by atoms with Crippen LogP contribution in [0.2, 0.25) is 0 Å². The topological polar surface area (TPSA) is 61.5 Å². The molecule has 56 valence electrons. The van der Waals surface area contributed by atoms with Crippen LogP contribution in [0, 0.1) is 6.92 Å². The van der Waals surface area contributed by atoms with Gasteiger partial charge in [-0.25, -0.2) is 4.68 Å². The Morgan fingerprint density at radius 2 is 2.20 bits per heavy atom. The van der Waals surface area contributed by atoms with Gasteiger partial charge in [-0.05, 0) is 6.92 Å². The highest BCUT2D eigenvalue weighted by atomic mass is 16.8. The van der Waals surface area contributed by atoms with E-state index in [9.17, 15) is 0 Å². The molecule has 1 aromatic rings. The summed E-state index contributed by atoms with van der Waals surface area (Å²) in [5.41, 5.74) is 0.741. The third kappa shape index (κ3) is 1.09. The van der Waals surface area contributed by atoms with Crippen molar-refractivity contribution in [2.24, 2.45) is 7.05 Å². The van der Waals surface area contributed by atoms with E-state index in [-0.39, 0.29) is 11.0 Å². The van der Waals surface area contributed by atoms with E-state index >= 15 is 0 Å². The number of hydrogen-bond acceptors (Lipinski definition) is 4. The quantitative estimate of drug-likeness (QED) is 0.555. The standard InChI is InChI=1S/C5H9N3O2/c1-4-3-5(8(9)10)7(2)6-4/h3,9-10H,1-2H3. The molecule has 0 aromatic carbocycles. The maximum atomic E-state index is 8.55. The number of aromatic nitrogens is 2. The molecule has 0 atom stereocenters. The highest BCUT2D eigenvalue weighted by molar-refractivity contribution is 5.33. The number of anilines is 1. The lowest BCUT2D eigenvalue weighted by Crippen LogP contribution is -2.14. The number of hydrogen-bond donors (Lipinski definition) is 2. The zero-order chi connectivity index (χ0) is 7.72. The van der Waals surface area contributed by atoms with Crippen molar-refractivity contribution in [1.29, 1.82) is 0 Å². The summed E-state index contributed by atoms with van der Waals surface area (Å²) in [6, 6.07) is 1.56. The van der Waals surface area contributed by atoms with Crippen LogP contribution in [-0.2, 0) is 7.05 Å². The van der Waals surface area contributed by atoms with E-state index < -0.39 is 0 Å². The SMILES string of the molecule is Cc1cc(N(O)O)n(C)n1. The van der Waals surface area contributed by atoms with Gasteiger partial charge in [0.05, 0.1) is 5.69 Å². The summed E-state index contributed by atoms with van der Waals surface area (Å²) >= 11 is 0. The average Bonchev–Trinajstić information content (AvgIpc) is 2.10. The largest absolute Gasteiger partial charge is 0.263 e. The summed E-state index contributed by atoms with van der Waals surface area (Å²) in [4.78, 5) is 0. The van der Waals surface area contributed by atoms with Crippen LogP contribution >= 0.6 is 0 Å². The van der Waals surface area contributed by atoms with Gasteiger partial charge in [-0.3, -0.25) is 10.4 Å². The van der Waals surface area contributed by atoms with Gasteiger partial charge in [0.1, 0.15) is 0 Å². The van der Waals surface area contributed by atoms with Crippen molar-refractivity contribution < 1.29 is 10.4 Å². The smallest absolute Gasteiger partial charge is 0.181 e. The average molecular weight is 143 g/mol. The van der Waals surface area contributed by atoms with Gasteiger partial charge in [0.2, 0.25) is 0 Å². The third-order valence-corrected chi connectivity index (χ3v) is 1.18. The number of rotatable bonds is 1. The maximum Gasteiger partial charge on any atom is 0.181 e. The fourth-order valence-corrected chi connectivity index (χ4v) is 0.784. The highest BCUT2D eigenvalue weighted by Gasteiger charge is 2.04. The summed E-state index contributed by atoms with van der Waals surface area (Å²) in [6.07, 6.45) is 0. The fraction of sp³-hybridized carbons (Fsp3) is 0.400. The molecule has 1 rings (SSSR count). The molecular formula is C5H9N3O2. The molecule has 1 heterocycles. The molecule has 2 N–H and O–H groups in total. The second kappa shape index (κ2) is 2.28. The van der Waals surface area contributed by atoms with E-state index in [1.807, 2.05) is 0 Å². The van der Waals surface area contributed by atoms with Gasteiger partial charge in [-0.15, -0.1) is 5.23 Å². The normalized spacial score (nSPS) is 10.0. The maximum absolute atomic E-state index is 8.55. The summed E-state index contributed by atoms with van der Waals surface area (Å²) in [6.45, 7) is 1.77. The molecule has 0 bridgehead atoms. The minimum atomic E-state index is 0.0417. The van der Waals surface area contributed by atoms with E-state index in [0.717, 1.165) is 5.69 Å². The monoisotopic (exact) mass is 143 g/mol. The van der Waals surface area contributed by atoms with Crippen molar-refractivity contribution in [3.05, 3.63) is 11.8 Å². The molecule has 0 aliphatic rings. The summed E-state index contributed by atoms with van der Waals surface area (Å²) in [5.74, 6) is 0.248. The van der Waals surface area contributed by atoms with Crippen molar-refractivity contribution in [3.63, 3.8) is 0 Å². The minimum absolute atomic E-state index is 0.0417. The molecule has 0 saturated heterocycles. The first-order valence-corrected chi connectivity index (χ1v) is 2.80. The van der Waals surface area contributed by atoms with Crippen LogP contribution < -0.4 is 5.23 Å². The van der Waals surface area contributed by atoms with Crippen LogP contribution in [0.25, 0.3) is 0 Å². The van der Waals surface area contributed by atoms with Crippen LogP contribution in [0.5, 0.6) is 0 Å². The van der Waals surface area contributed by atoms with Crippen molar-refractivity contribution in [2.75, 3.05) is 5.23 Å². The van der Waals surface area contributed by atoms with E-state index in [1.54, 1.807) is 20.0 Å². The van der Waals surface area contributed by atoms with Gasteiger partial charge in [-0.2, -0.15) is 5.10 Å². The van der Waals surface area contributed by atoms with Crippen LogP contribution in [0.1, 0.15) is 5.69 Å². The second-order valence-corrected chi connectivity index (χ2v) is 2.06. The molecule has 0 aliphatic heterocycles. The molecule has 5 heteroatoms. The minimum Gasteiger partial charge on any atom is -0.263 e. The first kappa shape index (κ1) is 7.04. The summed E-state index contributed by atoms with van der Waals surface area (Å²) < 4.78 is 1.37. The van der Waals surface area contributed by atoms with Crippen LogP contribution in [0.3, 0.4) is 0 Å². The van der Waals surface area contributed by atoms with Crippen LogP contribution in [0.15, 0.2) is 6.07 Å². The predicted octanol–water partition coefficient (Wildman–Crippen LogP) is 0.313. The lowest BCUT2D eigenvalue weighted by atomic mass is 10.5. The zero-order valence-corrected chi connectivity index (χ0v) is 5.81. The molecule has 0 unspecified atom stereocenters. The second-order valence-electron chi connectivity index (χ2n) is 2.06. The Labute approximate surface area is 58.0 Å². The highest BCUT2D eigenvalue weighted by Crippen LogP contribution is 2.09. The summed E-state index contributed by atoms with van der Waals surface area (Å²) in [7, 11) is 1.63. The van der Waals surface area contributed by atoms with Crippen molar-refractivity contribution in [1.82, 2.24) is 9.78 Å². The van der Waals surface area contributed by atoms with Gasteiger partial charge in [-0.1, -0.05) is 0 Å². The Hall–Kier alpha value is -1.07. The van der Waals surface area contributed by atoms with Gasteiger partial charge < -0.3 is 0 Å². The summed E-state index contributed by atoms with van der Waals surface area (Å²) in [5, 5.41) is 21.0. The first-order valence-electron chi connectivity index (χ1n) is 2.80. The van der Waals surface area contributed by atoms with E-state index in [0.29, 0.717) is 0 Å². The van der Waals surface area contributed by atoms with Crippen molar-refractivity contribution in [2.45, 2.75) is 6.92 Å². The molecule has 1 aromatic heterocycles. The molecule has 10 heavy (non-hydrogen) atoms. The zero-order valence-electron chi connectivity index (χ0n) is 5.81. The molecule has 0 radical (unpaired) electrons. The van der Waals surface area contributed by atoms with Gasteiger partial charge in [0.25, 0.3) is 0 Å². The Kier molecular flexibility index (Phi) is 1.60. The van der Waals surface area contributed by atoms with Crippen molar-refractivity contribution >= 4 is 5.82 Å². The fourth-order valence-electron chi connectivity index (χ4n) is 0.784. The molecule has 0 aliphatic carbocycles. The Morgan fingerprint density at radius 1 is 1.60 bits per heavy atom. The molecule has 0 fully saturated rings. The third-order valence-electron chi connectivity index (χ3n) is 1.18. The van der Waals surface area contributed by atoms with E-state index in [2.05, 4.69) is 5.10 Å². The lowest BCUT2D eigenvalue weighted by molar-refractivity contribution is 0.0247. The Morgan fingerprint density at radius 3 is 2.40 bits per heavy atom. The van der Waals surface area contributed by atoms with Gasteiger partial charge in [0, 0.05) is 13.1 Å². The molecule has 0 amide bonds. The van der Waals surface area contributed by atoms with Crippen LogP contribution in [-0.4, -0.2) is 20.2 Å². The van der Waals surface area contributed by atoms with Crippen LogP contribution in [0.4, 0.5) is 5.82 Å². The van der Waals surface area contributed by atoms with E-state index in [4.69, 9.17) is 10.4 Å². The first-order chi connectivity index (χ1) is 4.61. The molecular weight excluding hydrogens is 134 g/mol. The number of nitrogens with zero attached hydrogens (tertiary/aromatic N) is 3. The molecule has 5 nitrogen and oxygen atoms in total. The lowest BCUT2D eigenvalue weighted by Gasteiger charge is -2.05. The van der Waals surface area contributed by atoms with Gasteiger partial charge >= 0.3 is 0 Å². The van der Waals surface area contributed by atoms with Crippen molar-refractivity contribution in [3.8, 4) is 0 Å². The molecule has 0 spiro atoms. The Bertz CT molecular complexity index is 231. The van der Waals surface area contributed by atoms with E-state index in [1.165, 1.54) is 4.68 Å². The predicted molar refractivity (Wildman–Crippen MR) is 34.0 cm³/mol. The number of aryl methyl sites for hydroxylation is 2.